The highest BCUT2D eigenvalue weighted by Gasteiger charge is 2.57. The number of likely N-dealkylation sites (tertiary alicyclic amines) is 1. The first kappa shape index (κ1) is 16.2. The van der Waals surface area contributed by atoms with E-state index in [2.05, 4.69) is 33.0 Å². The van der Waals surface area contributed by atoms with Crippen molar-refractivity contribution in [2.75, 3.05) is 5.32 Å². The maximum Gasteiger partial charge on any atom is 0.322 e. The van der Waals surface area contributed by atoms with E-state index in [9.17, 15) is 14.4 Å². The number of hydrogen-bond donors (Lipinski definition) is 2. The van der Waals surface area contributed by atoms with Gasteiger partial charge in [-0.2, -0.15) is 0 Å². The highest BCUT2D eigenvalue weighted by molar-refractivity contribution is 7.15. The van der Waals surface area contributed by atoms with Gasteiger partial charge in [0.25, 0.3) is 0 Å². The SMILES string of the molecule is Cc1nnc(NC(=O)N[C@@H](C)N2C(=O)[C@@H]3[C@H](C2=O)[C@H]2C=C[C@H]3CC2)s1. The summed E-state index contributed by atoms with van der Waals surface area (Å²) in [6.07, 6.45) is 5.35. The minimum absolute atomic E-state index is 0.141. The second kappa shape index (κ2) is 5.91. The second-order valence-corrected chi connectivity index (χ2v) is 7.97. The van der Waals surface area contributed by atoms with Crippen LogP contribution < -0.4 is 10.6 Å². The second-order valence-electron chi connectivity index (χ2n) is 6.79. The number of anilines is 1. The lowest BCUT2D eigenvalue weighted by Gasteiger charge is -2.38. The van der Waals surface area contributed by atoms with Gasteiger partial charge in [-0.3, -0.25) is 19.8 Å². The van der Waals surface area contributed by atoms with Gasteiger partial charge in [0, 0.05) is 0 Å². The molecule has 1 aromatic rings. The van der Waals surface area contributed by atoms with E-state index in [1.165, 1.54) is 16.2 Å². The van der Waals surface area contributed by atoms with Crippen LogP contribution in [0.1, 0.15) is 24.8 Å². The first-order valence-electron chi connectivity index (χ1n) is 8.38. The average molecular weight is 361 g/mol. The lowest BCUT2D eigenvalue weighted by Crippen LogP contribution is -2.50. The van der Waals surface area contributed by atoms with Crippen molar-refractivity contribution in [2.24, 2.45) is 23.7 Å². The van der Waals surface area contributed by atoms with E-state index in [1.807, 2.05) is 0 Å². The van der Waals surface area contributed by atoms with Crippen LogP contribution in [0.2, 0.25) is 0 Å². The fraction of sp³-hybridized carbons (Fsp3) is 0.562. The van der Waals surface area contributed by atoms with Crippen LogP contribution in [0, 0.1) is 30.6 Å². The molecule has 132 valence electrons. The Morgan fingerprint density at radius 2 is 1.80 bits per heavy atom. The minimum Gasteiger partial charge on any atom is -0.317 e. The molecule has 2 bridgehead atoms. The van der Waals surface area contributed by atoms with Crippen molar-refractivity contribution in [3.05, 3.63) is 17.2 Å². The lowest BCUT2D eigenvalue weighted by atomic mass is 9.63. The fourth-order valence-electron chi connectivity index (χ4n) is 4.21. The molecule has 0 unspecified atom stereocenters. The van der Waals surface area contributed by atoms with Crippen molar-refractivity contribution in [3.63, 3.8) is 0 Å². The first-order chi connectivity index (χ1) is 12.0. The average Bonchev–Trinajstić information content (AvgIpc) is 3.11. The fourth-order valence-corrected chi connectivity index (χ4v) is 4.80. The predicted molar refractivity (Wildman–Crippen MR) is 90.4 cm³/mol. The summed E-state index contributed by atoms with van der Waals surface area (Å²) in [5.74, 6) is -0.602. The highest BCUT2D eigenvalue weighted by Crippen LogP contribution is 2.49. The van der Waals surface area contributed by atoms with Gasteiger partial charge in [-0.15, -0.1) is 10.2 Å². The number of fused-ring (bicyclic) bond motifs is 1. The molecule has 2 N–H and O–H groups in total. The Bertz CT molecular complexity index is 744. The maximum absolute atomic E-state index is 12.8. The van der Waals surface area contributed by atoms with Gasteiger partial charge in [0.15, 0.2) is 0 Å². The number of allylic oxidation sites excluding steroid dienone is 2. The van der Waals surface area contributed by atoms with Crippen LogP contribution >= 0.6 is 11.3 Å². The minimum atomic E-state index is -0.709. The Hall–Kier alpha value is -2.29. The van der Waals surface area contributed by atoms with Crippen molar-refractivity contribution in [1.82, 2.24) is 20.4 Å². The smallest absolute Gasteiger partial charge is 0.317 e. The predicted octanol–water partition coefficient (Wildman–Crippen LogP) is 1.51. The molecule has 8 nitrogen and oxygen atoms in total. The summed E-state index contributed by atoms with van der Waals surface area (Å²) in [7, 11) is 0. The van der Waals surface area contributed by atoms with Crippen molar-refractivity contribution >= 4 is 34.3 Å². The summed E-state index contributed by atoms with van der Waals surface area (Å²) in [5, 5.41) is 14.0. The van der Waals surface area contributed by atoms with E-state index in [4.69, 9.17) is 0 Å². The number of nitrogens with zero attached hydrogens (tertiary/aromatic N) is 3. The van der Waals surface area contributed by atoms with Crippen LogP contribution in [0.5, 0.6) is 0 Å². The normalized spacial score (nSPS) is 31.2. The van der Waals surface area contributed by atoms with E-state index < -0.39 is 12.2 Å². The number of carbonyl (C=O) groups is 3. The topological polar surface area (TPSA) is 104 Å². The number of urea groups is 1. The van der Waals surface area contributed by atoms with E-state index in [1.54, 1.807) is 13.8 Å². The summed E-state index contributed by atoms with van der Waals surface area (Å²) in [4.78, 5) is 38.9. The van der Waals surface area contributed by atoms with Crippen molar-refractivity contribution in [3.8, 4) is 0 Å². The molecule has 5 rings (SSSR count). The van der Waals surface area contributed by atoms with Gasteiger partial charge in [0.2, 0.25) is 16.9 Å². The van der Waals surface area contributed by atoms with Gasteiger partial charge in [-0.1, -0.05) is 23.5 Å². The van der Waals surface area contributed by atoms with E-state index in [0.717, 1.165) is 17.8 Å². The summed E-state index contributed by atoms with van der Waals surface area (Å²) >= 11 is 1.25. The summed E-state index contributed by atoms with van der Waals surface area (Å²) in [5.41, 5.74) is 0. The van der Waals surface area contributed by atoms with E-state index in [0.29, 0.717) is 5.13 Å². The molecular weight excluding hydrogens is 342 g/mol. The first-order valence-corrected chi connectivity index (χ1v) is 9.20. The highest BCUT2D eigenvalue weighted by atomic mass is 32.1. The Kier molecular flexibility index (Phi) is 3.82. The zero-order chi connectivity index (χ0) is 17.7. The van der Waals surface area contributed by atoms with E-state index in [-0.39, 0.29) is 35.5 Å². The third-order valence-electron chi connectivity index (χ3n) is 5.27. The van der Waals surface area contributed by atoms with Gasteiger partial charge in [-0.05, 0) is 38.5 Å². The third-order valence-corrected chi connectivity index (χ3v) is 6.02. The number of hydrogen-bond acceptors (Lipinski definition) is 6. The van der Waals surface area contributed by atoms with Gasteiger partial charge in [0.1, 0.15) is 11.2 Å². The molecule has 2 fully saturated rings. The van der Waals surface area contributed by atoms with E-state index >= 15 is 0 Å². The molecule has 2 heterocycles. The third kappa shape index (κ3) is 2.62. The number of carbonyl (C=O) groups excluding carboxylic acids is 3. The lowest BCUT2D eigenvalue weighted by molar-refractivity contribution is -0.142. The molecule has 0 aromatic carbocycles. The summed E-state index contributed by atoms with van der Waals surface area (Å²) < 4.78 is 0. The Labute approximate surface area is 148 Å². The van der Waals surface area contributed by atoms with Crippen LogP contribution in [-0.2, 0) is 9.59 Å². The number of imide groups is 1. The van der Waals surface area contributed by atoms with Crippen LogP contribution in [0.3, 0.4) is 0 Å². The Balaban J connectivity index is 1.45. The molecule has 1 saturated heterocycles. The van der Waals surface area contributed by atoms with Gasteiger partial charge in [0.05, 0.1) is 11.8 Å². The van der Waals surface area contributed by atoms with Crippen LogP contribution in [0.15, 0.2) is 12.2 Å². The number of rotatable bonds is 3. The van der Waals surface area contributed by atoms with Gasteiger partial charge < -0.3 is 5.32 Å². The molecule has 25 heavy (non-hydrogen) atoms. The molecule has 3 aliphatic carbocycles. The molecule has 1 saturated carbocycles. The van der Waals surface area contributed by atoms with Crippen molar-refractivity contribution < 1.29 is 14.4 Å². The zero-order valence-electron chi connectivity index (χ0n) is 13.9. The largest absolute Gasteiger partial charge is 0.322 e. The summed E-state index contributed by atoms with van der Waals surface area (Å²) in [6.45, 7) is 3.43. The summed E-state index contributed by atoms with van der Waals surface area (Å²) in [6, 6.07) is -0.514. The number of nitrogens with one attached hydrogen (secondary N) is 2. The molecule has 5 atom stereocenters. The molecule has 4 aliphatic rings. The molecule has 0 spiro atoms. The molecular formula is C16H19N5O3S. The van der Waals surface area contributed by atoms with Gasteiger partial charge >= 0.3 is 6.03 Å². The molecule has 0 radical (unpaired) electrons. The maximum atomic E-state index is 12.8. The van der Waals surface area contributed by atoms with Crippen LogP contribution in [-0.4, -0.2) is 39.1 Å². The Morgan fingerprint density at radius 3 is 2.28 bits per heavy atom. The van der Waals surface area contributed by atoms with Crippen molar-refractivity contribution in [2.45, 2.75) is 32.9 Å². The molecule has 1 aliphatic heterocycles. The standard InChI is InChI=1S/C16H19N5O3S/c1-7(17-15(24)18-16-20-19-8(2)25-16)21-13(22)11-9-3-4-10(6-5-9)12(11)14(21)23/h3-4,7,9-12H,5-6H2,1-2H3,(H2,17,18,20,24)/t7-,9+,10+,11-,12+/m1/s1. The zero-order valence-corrected chi connectivity index (χ0v) is 14.7. The van der Waals surface area contributed by atoms with Crippen LogP contribution in [0.4, 0.5) is 9.93 Å². The number of aryl methyl sites for hydroxylation is 1. The van der Waals surface area contributed by atoms with Crippen molar-refractivity contribution in [1.29, 1.82) is 0 Å². The van der Waals surface area contributed by atoms with Crippen LogP contribution in [0.25, 0.3) is 0 Å². The quantitative estimate of drug-likeness (QED) is 0.627. The molecule has 4 amide bonds. The molecule has 1 aromatic heterocycles. The monoisotopic (exact) mass is 361 g/mol. The number of aromatic nitrogens is 2. The van der Waals surface area contributed by atoms with Gasteiger partial charge in [-0.25, -0.2) is 4.79 Å². The Morgan fingerprint density at radius 1 is 1.20 bits per heavy atom. The molecule has 9 heteroatoms. The number of amides is 4.